The molecule has 1 aliphatic carbocycles. The summed E-state index contributed by atoms with van der Waals surface area (Å²) in [5, 5.41) is 4.58. The number of pyridine rings is 1. The van der Waals surface area contributed by atoms with E-state index in [0.717, 1.165) is 31.1 Å². The summed E-state index contributed by atoms with van der Waals surface area (Å²) in [6.07, 6.45) is 5.98. The molecule has 3 aromatic rings. The molecule has 1 aliphatic rings. The average Bonchev–Trinajstić information content (AvgIpc) is 2.72. The number of aryl methyl sites for hydroxylation is 1. The zero-order valence-electron chi connectivity index (χ0n) is 17.3. The third-order valence-corrected chi connectivity index (χ3v) is 6.64. The van der Waals surface area contributed by atoms with Crippen LogP contribution in [0, 0.1) is 0 Å². The zero-order chi connectivity index (χ0) is 22.2. The number of halogens is 1. The Bertz CT molecular complexity index is 1280. The maximum absolute atomic E-state index is 13.0. The molecule has 0 aliphatic heterocycles. The molecule has 164 valence electrons. The number of sulfonamides is 1. The van der Waals surface area contributed by atoms with Gasteiger partial charge in [0, 0.05) is 46.9 Å². The van der Waals surface area contributed by atoms with Crippen molar-refractivity contribution in [2.75, 3.05) is 11.6 Å². The fourth-order valence-corrected chi connectivity index (χ4v) is 5.11. The molecule has 0 amide bonds. The lowest BCUT2D eigenvalue weighted by molar-refractivity contribution is 0.387. The highest BCUT2D eigenvalue weighted by molar-refractivity contribution is 7.88. The van der Waals surface area contributed by atoms with Crippen LogP contribution in [0.3, 0.4) is 0 Å². The Balaban J connectivity index is 1.56. The highest BCUT2D eigenvalue weighted by Crippen LogP contribution is 2.27. The van der Waals surface area contributed by atoms with E-state index in [0.29, 0.717) is 27.7 Å². The Morgan fingerprint density at radius 3 is 2.45 bits per heavy atom. The maximum atomic E-state index is 13.0. The average molecular weight is 462 g/mol. The first-order valence-corrected chi connectivity index (χ1v) is 12.3. The summed E-state index contributed by atoms with van der Waals surface area (Å²) < 4.78 is 27.0. The minimum atomic E-state index is -3.20. The van der Waals surface area contributed by atoms with E-state index in [1.165, 1.54) is 10.8 Å². The van der Waals surface area contributed by atoms with Crippen LogP contribution in [-0.2, 0) is 17.1 Å². The molecule has 1 saturated carbocycles. The van der Waals surface area contributed by atoms with E-state index >= 15 is 0 Å². The first kappa shape index (κ1) is 21.7. The molecule has 0 bridgehead atoms. The van der Waals surface area contributed by atoms with Gasteiger partial charge in [-0.1, -0.05) is 29.8 Å². The van der Waals surface area contributed by atoms with Crippen molar-refractivity contribution in [1.29, 1.82) is 0 Å². The predicted octanol–water partition coefficient (Wildman–Crippen LogP) is 2.92. The van der Waals surface area contributed by atoms with Crippen molar-refractivity contribution in [2.45, 2.75) is 37.8 Å². The van der Waals surface area contributed by atoms with Gasteiger partial charge < -0.3 is 5.32 Å². The van der Waals surface area contributed by atoms with Gasteiger partial charge in [0.25, 0.3) is 5.56 Å². The van der Waals surface area contributed by atoms with Gasteiger partial charge in [0.2, 0.25) is 16.0 Å². The standard InChI is InChI=1S/C21H24ClN5O3S/c1-27-19-13(11-17(20(27)28)16-5-3-4-6-18(16)22)12-23-21(25-19)24-14-7-9-15(10-8-14)26-31(2,29)30/h3-6,11-12,14-15,26H,7-10H2,1-2H3,(H,23,24,25). The van der Waals surface area contributed by atoms with Gasteiger partial charge in [-0.25, -0.2) is 18.1 Å². The summed E-state index contributed by atoms with van der Waals surface area (Å²) >= 11 is 6.29. The van der Waals surface area contributed by atoms with E-state index in [2.05, 4.69) is 20.0 Å². The van der Waals surface area contributed by atoms with E-state index in [1.54, 1.807) is 25.4 Å². The van der Waals surface area contributed by atoms with Crippen LogP contribution in [0.1, 0.15) is 25.7 Å². The molecule has 1 fully saturated rings. The molecule has 0 spiro atoms. The summed E-state index contributed by atoms with van der Waals surface area (Å²) in [5.74, 6) is 0.451. The summed E-state index contributed by atoms with van der Waals surface area (Å²) in [5.41, 5.74) is 1.53. The minimum Gasteiger partial charge on any atom is -0.351 e. The molecule has 0 saturated heterocycles. The second-order valence-corrected chi connectivity index (χ2v) is 10.1. The molecular formula is C21H24ClN5O3S. The predicted molar refractivity (Wildman–Crippen MR) is 123 cm³/mol. The SMILES string of the molecule is Cn1c(=O)c(-c2ccccc2Cl)cc2cnc(NC3CCC(NS(C)(=O)=O)CC3)nc21. The van der Waals surface area contributed by atoms with E-state index in [1.807, 2.05) is 18.2 Å². The molecule has 0 atom stereocenters. The van der Waals surface area contributed by atoms with Gasteiger partial charge in [-0.2, -0.15) is 4.98 Å². The Morgan fingerprint density at radius 2 is 1.77 bits per heavy atom. The van der Waals surface area contributed by atoms with E-state index in [9.17, 15) is 13.2 Å². The molecule has 0 unspecified atom stereocenters. The number of nitrogens with zero attached hydrogens (tertiary/aromatic N) is 3. The highest BCUT2D eigenvalue weighted by Gasteiger charge is 2.24. The summed E-state index contributed by atoms with van der Waals surface area (Å²) in [6, 6.07) is 9.12. The lowest BCUT2D eigenvalue weighted by Crippen LogP contribution is -2.39. The molecule has 4 rings (SSSR count). The van der Waals surface area contributed by atoms with E-state index in [4.69, 9.17) is 11.6 Å². The number of benzene rings is 1. The van der Waals surface area contributed by atoms with Crippen molar-refractivity contribution in [3.05, 3.63) is 51.9 Å². The van der Waals surface area contributed by atoms with Crippen LogP contribution in [0.2, 0.25) is 5.02 Å². The van der Waals surface area contributed by atoms with Crippen molar-refractivity contribution >= 4 is 38.6 Å². The van der Waals surface area contributed by atoms with Gasteiger partial charge in [-0.05, 0) is 37.8 Å². The monoisotopic (exact) mass is 461 g/mol. The van der Waals surface area contributed by atoms with Crippen LogP contribution in [0.15, 0.2) is 41.3 Å². The molecule has 0 radical (unpaired) electrons. The fraction of sp³-hybridized carbons (Fsp3) is 0.381. The van der Waals surface area contributed by atoms with Crippen LogP contribution < -0.4 is 15.6 Å². The van der Waals surface area contributed by atoms with Gasteiger partial charge in [-0.15, -0.1) is 0 Å². The van der Waals surface area contributed by atoms with Crippen LogP contribution in [-0.4, -0.2) is 41.3 Å². The Kier molecular flexibility index (Phi) is 6.00. The Morgan fingerprint density at radius 1 is 1.10 bits per heavy atom. The number of aromatic nitrogens is 3. The maximum Gasteiger partial charge on any atom is 0.259 e. The zero-order valence-corrected chi connectivity index (χ0v) is 18.9. The topological polar surface area (TPSA) is 106 Å². The van der Waals surface area contributed by atoms with Crippen molar-refractivity contribution < 1.29 is 8.42 Å². The van der Waals surface area contributed by atoms with Crippen molar-refractivity contribution in [3.8, 4) is 11.1 Å². The third-order valence-electron chi connectivity index (χ3n) is 5.55. The number of anilines is 1. The number of hydrogen-bond donors (Lipinski definition) is 2. The van der Waals surface area contributed by atoms with Gasteiger partial charge in [0.1, 0.15) is 5.65 Å². The minimum absolute atomic E-state index is 0.0328. The molecular weight excluding hydrogens is 438 g/mol. The third kappa shape index (κ3) is 4.89. The Hall–Kier alpha value is -2.49. The van der Waals surface area contributed by atoms with Gasteiger partial charge >= 0.3 is 0 Å². The van der Waals surface area contributed by atoms with Crippen molar-refractivity contribution in [2.24, 2.45) is 7.05 Å². The highest BCUT2D eigenvalue weighted by atomic mass is 35.5. The molecule has 10 heteroatoms. The fourth-order valence-electron chi connectivity index (χ4n) is 4.03. The molecule has 2 aromatic heterocycles. The molecule has 31 heavy (non-hydrogen) atoms. The lowest BCUT2D eigenvalue weighted by Gasteiger charge is -2.29. The van der Waals surface area contributed by atoms with Gasteiger partial charge in [0.05, 0.1) is 6.26 Å². The summed E-state index contributed by atoms with van der Waals surface area (Å²) in [4.78, 5) is 21.9. The normalized spacial score (nSPS) is 19.5. The second-order valence-electron chi connectivity index (χ2n) is 7.96. The first-order valence-electron chi connectivity index (χ1n) is 10.1. The molecule has 8 nitrogen and oxygen atoms in total. The van der Waals surface area contributed by atoms with Crippen molar-refractivity contribution in [1.82, 2.24) is 19.3 Å². The first-order chi connectivity index (χ1) is 14.7. The number of nitrogens with one attached hydrogen (secondary N) is 2. The number of fused-ring (bicyclic) bond motifs is 1. The van der Waals surface area contributed by atoms with Crippen LogP contribution in [0.4, 0.5) is 5.95 Å². The smallest absolute Gasteiger partial charge is 0.259 e. The molecule has 2 heterocycles. The largest absolute Gasteiger partial charge is 0.351 e. The molecule has 1 aromatic carbocycles. The van der Waals surface area contributed by atoms with Gasteiger partial charge in [0.15, 0.2) is 0 Å². The lowest BCUT2D eigenvalue weighted by atomic mass is 9.92. The van der Waals surface area contributed by atoms with E-state index in [-0.39, 0.29) is 17.6 Å². The number of rotatable bonds is 5. The number of hydrogen-bond acceptors (Lipinski definition) is 6. The van der Waals surface area contributed by atoms with Crippen LogP contribution in [0.5, 0.6) is 0 Å². The summed E-state index contributed by atoms with van der Waals surface area (Å²) in [7, 11) is -1.51. The van der Waals surface area contributed by atoms with E-state index < -0.39 is 10.0 Å². The summed E-state index contributed by atoms with van der Waals surface area (Å²) in [6.45, 7) is 0. The molecule has 2 N–H and O–H groups in total. The second kappa shape index (κ2) is 8.57. The van der Waals surface area contributed by atoms with Crippen molar-refractivity contribution in [3.63, 3.8) is 0 Å². The quantitative estimate of drug-likeness (QED) is 0.605. The Labute approximate surface area is 185 Å². The van der Waals surface area contributed by atoms with Crippen LogP contribution in [0.25, 0.3) is 22.2 Å². The van der Waals surface area contributed by atoms with Gasteiger partial charge in [-0.3, -0.25) is 9.36 Å². The van der Waals surface area contributed by atoms with Crippen LogP contribution >= 0.6 is 11.6 Å².